The fourth-order valence-electron chi connectivity index (χ4n) is 1.06. The molecule has 0 bridgehead atoms. The fraction of sp³-hybridized carbons (Fsp3) is 0.300. The van der Waals surface area contributed by atoms with Crippen LogP contribution in [0.15, 0.2) is 24.3 Å². The SMILES string of the molecule is CCOC(=O)Cc1ccccc1N. The summed E-state index contributed by atoms with van der Waals surface area (Å²) in [6.45, 7) is 2.19. The van der Waals surface area contributed by atoms with Crippen molar-refractivity contribution in [3.63, 3.8) is 0 Å². The third kappa shape index (κ3) is 2.78. The van der Waals surface area contributed by atoms with E-state index in [9.17, 15) is 4.79 Å². The first kappa shape index (κ1) is 9.58. The van der Waals surface area contributed by atoms with Crippen LogP contribution in [0.25, 0.3) is 0 Å². The van der Waals surface area contributed by atoms with Crippen LogP contribution in [0.5, 0.6) is 0 Å². The van der Waals surface area contributed by atoms with Crippen molar-refractivity contribution < 1.29 is 9.53 Å². The second-order valence-electron chi connectivity index (χ2n) is 2.68. The summed E-state index contributed by atoms with van der Waals surface area (Å²) in [5, 5.41) is 0. The summed E-state index contributed by atoms with van der Waals surface area (Å²) >= 11 is 0. The molecule has 1 rings (SSSR count). The standard InChI is InChI=1S/C10H13NO2/c1-2-13-10(12)7-8-5-3-4-6-9(8)11/h3-6H,2,7,11H2,1H3. The van der Waals surface area contributed by atoms with Gasteiger partial charge in [-0.25, -0.2) is 0 Å². The smallest absolute Gasteiger partial charge is 0.310 e. The van der Waals surface area contributed by atoms with E-state index in [0.29, 0.717) is 12.3 Å². The summed E-state index contributed by atoms with van der Waals surface area (Å²) in [4.78, 5) is 11.1. The van der Waals surface area contributed by atoms with Gasteiger partial charge in [-0.1, -0.05) is 18.2 Å². The Morgan fingerprint density at radius 1 is 1.46 bits per heavy atom. The molecule has 3 nitrogen and oxygen atoms in total. The van der Waals surface area contributed by atoms with Crippen molar-refractivity contribution in [1.82, 2.24) is 0 Å². The first-order valence-electron chi connectivity index (χ1n) is 4.23. The summed E-state index contributed by atoms with van der Waals surface area (Å²) in [5.41, 5.74) is 7.11. The maximum absolute atomic E-state index is 11.1. The van der Waals surface area contributed by atoms with E-state index in [1.54, 1.807) is 13.0 Å². The van der Waals surface area contributed by atoms with Crippen molar-refractivity contribution in [3.05, 3.63) is 29.8 Å². The first-order chi connectivity index (χ1) is 6.24. The average molecular weight is 179 g/mol. The van der Waals surface area contributed by atoms with Crippen LogP contribution in [0.2, 0.25) is 0 Å². The van der Waals surface area contributed by atoms with Crippen LogP contribution in [0, 0.1) is 0 Å². The van der Waals surface area contributed by atoms with E-state index < -0.39 is 0 Å². The van der Waals surface area contributed by atoms with Gasteiger partial charge in [0.25, 0.3) is 0 Å². The number of anilines is 1. The zero-order valence-corrected chi connectivity index (χ0v) is 7.62. The lowest BCUT2D eigenvalue weighted by Gasteiger charge is -2.04. The minimum absolute atomic E-state index is 0.236. The van der Waals surface area contributed by atoms with Gasteiger partial charge in [0, 0.05) is 5.69 Å². The van der Waals surface area contributed by atoms with E-state index in [2.05, 4.69) is 0 Å². The molecule has 1 aromatic carbocycles. The highest BCUT2D eigenvalue weighted by molar-refractivity contribution is 5.74. The Labute approximate surface area is 77.5 Å². The van der Waals surface area contributed by atoms with Crippen molar-refractivity contribution >= 4 is 11.7 Å². The number of para-hydroxylation sites is 1. The van der Waals surface area contributed by atoms with Crippen molar-refractivity contribution in [2.45, 2.75) is 13.3 Å². The molecule has 0 amide bonds. The average Bonchev–Trinajstić information content (AvgIpc) is 2.09. The minimum Gasteiger partial charge on any atom is -0.466 e. The zero-order valence-electron chi connectivity index (χ0n) is 7.62. The Hall–Kier alpha value is -1.51. The summed E-state index contributed by atoms with van der Waals surface area (Å²) < 4.78 is 4.81. The monoisotopic (exact) mass is 179 g/mol. The van der Waals surface area contributed by atoms with Crippen molar-refractivity contribution in [2.75, 3.05) is 12.3 Å². The summed E-state index contributed by atoms with van der Waals surface area (Å²) in [5.74, 6) is -0.236. The van der Waals surface area contributed by atoms with E-state index >= 15 is 0 Å². The van der Waals surface area contributed by atoms with Gasteiger partial charge in [-0.05, 0) is 18.6 Å². The zero-order chi connectivity index (χ0) is 9.68. The Morgan fingerprint density at radius 3 is 2.77 bits per heavy atom. The van der Waals surface area contributed by atoms with Gasteiger partial charge in [-0.15, -0.1) is 0 Å². The number of carbonyl (C=O) groups excluding carboxylic acids is 1. The van der Waals surface area contributed by atoms with E-state index in [4.69, 9.17) is 10.5 Å². The molecule has 1 aromatic rings. The van der Waals surface area contributed by atoms with Crippen LogP contribution in [0.3, 0.4) is 0 Å². The number of nitrogen functional groups attached to an aromatic ring is 1. The number of esters is 1. The van der Waals surface area contributed by atoms with Gasteiger partial charge in [-0.3, -0.25) is 4.79 Å². The molecule has 0 heterocycles. The summed E-state index contributed by atoms with van der Waals surface area (Å²) in [7, 11) is 0. The summed E-state index contributed by atoms with van der Waals surface area (Å²) in [6, 6.07) is 7.29. The topological polar surface area (TPSA) is 52.3 Å². The molecular formula is C10H13NO2. The Morgan fingerprint density at radius 2 is 2.15 bits per heavy atom. The number of benzene rings is 1. The van der Waals surface area contributed by atoms with E-state index in [1.165, 1.54) is 0 Å². The van der Waals surface area contributed by atoms with Crippen molar-refractivity contribution in [2.24, 2.45) is 0 Å². The molecule has 0 saturated carbocycles. The number of rotatable bonds is 3. The molecule has 0 aromatic heterocycles. The molecule has 3 heteroatoms. The lowest BCUT2D eigenvalue weighted by atomic mass is 10.1. The third-order valence-corrected chi connectivity index (χ3v) is 1.70. The van der Waals surface area contributed by atoms with Gasteiger partial charge in [0.05, 0.1) is 13.0 Å². The Kier molecular flexibility index (Phi) is 3.31. The predicted octanol–water partition coefficient (Wildman–Crippen LogP) is 1.37. The Balaban J connectivity index is 2.63. The number of hydrogen-bond donors (Lipinski definition) is 1. The molecular weight excluding hydrogens is 166 g/mol. The second-order valence-corrected chi connectivity index (χ2v) is 2.68. The number of carbonyl (C=O) groups is 1. The largest absolute Gasteiger partial charge is 0.466 e. The van der Waals surface area contributed by atoms with E-state index in [-0.39, 0.29) is 12.4 Å². The second kappa shape index (κ2) is 4.50. The van der Waals surface area contributed by atoms with Gasteiger partial charge >= 0.3 is 5.97 Å². The highest BCUT2D eigenvalue weighted by Gasteiger charge is 2.05. The van der Waals surface area contributed by atoms with Crippen LogP contribution in [-0.2, 0) is 16.0 Å². The molecule has 0 aliphatic carbocycles. The van der Waals surface area contributed by atoms with Crippen molar-refractivity contribution in [1.29, 1.82) is 0 Å². The van der Waals surface area contributed by atoms with Crippen LogP contribution in [-0.4, -0.2) is 12.6 Å². The maximum Gasteiger partial charge on any atom is 0.310 e. The Bertz CT molecular complexity index is 297. The van der Waals surface area contributed by atoms with Crippen LogP contribution in [0.4, 0.5) is 5.69 Å². The van der Waals surface area contributed by atoms with Crippen molar-refractivity contribution in [3.8, 4) is 0 Å². The first-order valence-corrected chi connectivity index (χ1v) is 4.23. The molecule has 0 radical (unpaired) electrons. The molecule has 0 unspecified atom stereocenters. The van der Waals surface area contributed by atoms with Gasteiger partial charge < -0.3 is 10.5 Å². The molecule has 0 aliphatic rings. The fourth-order valence-corrected chi connectivity index (χ4v) is 1.06. The maximum atomic E-state index is 11.1. The lowest BCUT2D eigenvalue weighted by molar-refractivity contribution is -0.142. The summed E-state index contributed by atoms with van der Waals surface area (Å²) in [6.07, 6.45) is 0.251. The lowest BCUT2D eigenvalue weighted by Crippen LogP contribution is -2.08. The predicted molar refractivity (Wildman–Crippen MR) is 51.2 cm³/mol. The molecule has 13 heavy (non-hydrogen) atoms. The molecule has 2 N–H and O–H groups in total. The van der Waals surface area contributed by atoms with Crippen LogP contribution in [0.1, 0.15) is 12.5 Å². The third-order valence-electron chi connectivity index (χ3n) is 1.70. The molecule has 70 valence electrons. The minimum atomic E-state index is -0.236. The molecule has 0 saturated heterocycles. The van der Waals surface area contributed by atoms with Crippen LogP contribution < -0.4 is 5.73 Å². The molecule has 0 aliphatic heterocycles. The number of ether oxygens (including phenoxy) is 1. The highest BCUT2D eigenvalue weighted by Crippen LogP contribution is 2.11. The van der Waals surface area contributed by atoms with E-state index in [1.807, 2.05) is 18.2 Å². The van der Waals surface area contributed by atoms with Crippen LogP contribution >= 0.6 is 0 Å². The van der Waals surface area contributed by atoms with Gasteiger partial charge in [0.15, 0.2) is 0 Å². The van der Waals surface area contributed by atoms with Gasteiger partial charge in [0.2, 0.25) is 0 Å². The molecule has 0 spiro atoms. The van der Waals surface area contributed by atoms with E-state index in [0.717, 1.165) is 5.56 Å². The normalized spacial score (nSPS) is 9.62. The molecule has 0 fully saturated rings. The van der Waals surface area contributed by atoms with Gasteiger partial charge in [-0.2, -0.15) is 0 Å². The molecule has 0 atom stereocenters. The quantitative estimate of drug-likeness (QED) is 0.563. The number of nitrogens with two attached hydrogens (primary N) is 1. The number of hydrogen-bond acceptors (Lipinski definition) is 3. The van der Waals surface area contributed by atoms with Gasteiger partial charge in [0.1, 0.15) is 0 Å². The highest BCUT2D eigenvalue weighted by atomic mass is 16.5.